The van der Waals surface area contributed by atoms with Crippen LogP contribution in [0.15, 0.2) is 12.1 Å². The number of halogens is 1. The van der Waals surface area contributed by atoms with E-state index in [9.17, 15) is 4.79 Å². The van der Waals surface area contributed by atoms with Gasteiger partial charge < -0.3 is 5.11 Å². The highest BCUT2D eigenvalue weighted by molar-refractivity contribution is 6.31. The van der Waals surface area contributed by atoms with Crippen LogP contribution >= 0.6 is 11.6 Å². The molecule has 1 aromatic heterocycles. The minimum absolute atomic E-state index is 0.0115. The molecule has 0 aliphatic heterocycles. The van der Waals surface area contributed by atoms with Crippen LogP contribution in [0.5, 0.6) is 0 Å². The van der Waals surface area contributed by atoms with Gasteiger partial charge in [-0.25, -0.2) is 14.8 Å². The molecular weight excluding hydrogens is 240 g/mol. The molecule has 1 aromatic carbocycles. The van der Waals surface area contributed by atoms with Crippen molar-refractivity contribution in [2.75, 3.05) is 0 Å². The fourth-order valence-electron chi connectivity index (χ4n) is 1.73. The Morgan fingerprint density at radius 3 is 2.71 bits per heavy atom. The number of aryl methyl sites for hydroxylation is 2. The van der Waals surface area contributed by atoms with E-state index in [2.05, 4.69) is 9.97 Å². The summed E-state index contributed by atoms with van der Waals surface area (Å²) in [5, 5.41) is 10.1. The number of carbonyl (C=O) groups is 1. The number of nitrogens with zero attached hydrogens (tertiary/aromatic N) is 2. The summed E-state index contributed by atoms with van der Waals surface area (Å²) in [6.45, 7) is 3.74. The van der Waals surface area contributed by atoms with E-state index in [0.717, 1.165) is 5.56 Å². The molecule has 1 N–H and O–H groups in total. The summed E-state index contributed by atoms with van der Waals surface area (Å²) in [6, 6.07) is 3.36. The summed E-state index contributed by atoms with van der Waals surface area (Å²) in [4.78, 5) is 19.5. The van der Waals surface area contributed by atoms with Crippen LogP contribution < -0.4 is 0 Å². The lowest BCUT2D eigenvalue weighted by Gasteiger charge is -2.07. The Morgan fingerprint density at radius 1 is 1.41 bits per heavy atom. The number of hydrogen-bond acceptors (Lipinski definition) is 3. The molecule has 0 bridgehead atoms. The SMILES string of the molecule is CCc1nc(C(=O)O)c2cc(Cl)cc(C)c2n1. The molecular formula is C12H11ClN2O2. The van der Waals surface area contributed by atoms with Gasteiger partial charge in [-0.3, -0.25) is 0 Å². The van der Waals surface area contributed by atoms with Gasteiger partial charge in [-0.15, -0.1) is 0 Å². The third kappa shape index (κ3) is 2.08. The molecule has 0 amide bonds. The highest BCUT2D eigenvalue weighted by Crippen LogP contribution is 2.24. The highest BCUT2D eigenvalue weighted by Gasteiger charge is 2.15. The van der Waals surface area contributed by atoms with Gasteiger partial charge in [0.1, 0.15) is 5.82 Å². The van der Waals surface area contributed by atoms with Gasteiger partial charge >= 0.3 is 5.97 Å². The van der Waals surface area contributed by atoms with Crippen molar-refractivity contribution < 1.29 is 9.90 Å². The smallest absolute Gasteiger partial charge is 0.355 e. The first-order chi connectivity index (χ1) is 8.02. The van der Waals surface area contributed by atoms with Crippen LogP contribution in [0, 0.1) is 6.92 Å². The van der Waals surface area contributed by atoms with Gasteiger partial charge in [0.25, 0.3) is 0 Å². The van der Waals surface area contributed by atoms with Gasteiger partial charge in [0.15, 0.2) is 5.69 Å². The predicted octanol–water partition coefficient (Wildman–Crippen LogP) is 2.85. The van der Waals surface area contributed by atoms with E-state index in [4.69, 9.17) is 16.7 Å². The van der Waals surface area contributed by atoms with Crippen molar-refractivity contribution in [3.8, 4) is 0 Å². The minimum atomic E-state index is -1.06. The number of fused-ring (bicyclic) bond motifs is 1. The topological polar surface area (TPSA) is 63.1 Å². The van der Waals surface area contributed by atoms with Crippen molar-refractivity contribution in [1.29, 1.82) is 0 Å². The highest BCUT2D eigenvalue weighted by atomic mass is 35.5. The normalized spacial score (nSPS) is 10.8. The van der Waals surface area contributed by atoms with Crippen LogP contribution in [0.2, 0.25) is 5.02 Å². The van der Waals surface area contributed by atoms with Gasteiger partial charge in [0.2, 0.25) is 0 Å². The fraction of sp³-hybridized carbons (Fsp3) is 0.250. The van der Waals surface area contributed by atoms with Gasteiger partial charge in [-0.2, -0.15) is 0 Å². The molecule has 0 spiro atoms. The first-order valence-corrected chi connectivity index (χ1v) is 5.60. The number of benzene rings is 1. The van der Waals surface area contributed by atoms with E-state index in [1.54, 1.807) is 12.1 Å². The molecule has 0 saturated heterocycles. The molecule has 0 atom stereocenters. The quantitative estimate of drug-likeness (QED) is 0.890. The summed E-state index contributed by atoms with van der Waals surface area (Å²) in [5.41, 5.74) is 1.52. The zero-order valence-electron chi connectivity index (χ0n) is 9.49. The Kier molecular flexibility index (Phi) is 2.98. The third-order valence-electron chi connectivity index (χ3n) is 2.52. The molecule has 88 valence electrons. The van der Waals surface area contributed by atoms with E-state index >= 15 is 0 Å². The van der Waals surface area contributed by atoms with Crippen molar-refractivity contribution in [2.24, 2.45) is 0 Å². The van der Waals surface area contributed by atoms with E-state index in [0.29, 0.717) is 28.2 Å². The zero-order chi connectivity index (χ0) is 12.6. The van der Waals surface area contributed by atoms with Gasteiger partial charge in [0, 0.05) is 16.8 Å². The van der Waals surface area contributed by atoms with E-state index in [-0.39, 0.29) is 5.69 Å². The maximum atomic E-state index is 11.2. The average Bonchev–Trinajstić information content (AvgIpc) is 2.27. The molecule has 0 fully saturated rings. The minimum Gasteiger partial charge on any atom is -0.476 e. The Morgan fingerprint density at radius 2 is 2.12 bits per heavy atom. The zero-order valence-corrected chi connectivity index (χ0v) is 10.2. The molecule has 1 heterocycles. The molecule has 0 unspecified atom stereocenters. The van der Waals surface area contributed by atoms with Crippen molar-refractivity contribution in [3.05, 3.63) is 34.2 Å². The molecule has 17 heavy (non-hydrogen) atoms. The Hall–Kier alpha value is -1.68. The molecule has 0 saturated carbocycles. The van der Waals surface area contributed by atoms with E-state index in [1.807, 2.05) is 13.8 Å². The summed E-state index contributed by atoms with van der Waals surface area (Å²) < 4.78 is 0. The van der Waals surface area contributed by atoms with E-state index < -0.39 is 5.97 Å². The average molecular weight is 251 g/mol. The molecule has 4 nitrogen and oxygen atoms in total. The van der Waals surface area contributed by atoms with Gasteiger partial charge in [0.05, 0.1) is 5.52 Å². The van der Waals surface area contributed by atoms with Crippen molar-refractivity contribution in [2.45, 2.75) is 20.3 Å². The van der Waals surface area contributed by atoms with Crippen molar-refractivity contribution >= 4 is 28.5 Å². The van der Waals surface area contributed by atoms with Crippen LogP contribution in [0.4, 0.5) is 0 Å². The predicted molar refractivity (Wildman–Crippen MR) is 65.6 cm³/mol. The van der Waals surface area contributed by atoms with Crippen LogP contribution in [0.1, 0.15) is 28.8 Å². The lowest BCUT2D eigenvalue weighted by atomic mass is 10.1. The van der Waals surface area contributed by atoms with Crippen molar-refractivity contribution in [3.63, 3.8) is 0 Å². The van der Waals surface area contributed by atoms with E-state index in [1.165, 1.54) is 0 Å². The van der Waals surface area contributed by atoms with Crippen LogP contribution in [0.3, 0.4) is 0 Å². The molecule has 2 rings (SSSR count). The number of aromatic nitrogens is 2. The maximum absolute atomic E-state index is 11.2. The summed E-state index contributed by atoms with van der Waals surface area (Å²) >= 11 is 5.93. The number of rotatable bonds is 2. The fourth-order valence-corrected chi connectivity index (χ4v) is 2.00. The number of hydrogen-bond donors (Lipinski definition) is 1. The Labute approximate surface area is 103 Å². The number of carboxylic acid groups (broad SMARTS) is 1. The first kappa shape index (κ1) is 11.8. The molecule has 0 radical (unpaired) electrons. The van der Waals surface area contributed by atoms with Crippen LogP contribution in [-0.2, 0) is 6.42 Å². The van der Waals surface area contributed by atoms with Crippen LogP contribution in [0.25, 0.3) is 10.9 Å². The van der Waals surface area contributed by atoms with Gasteiger partial charge in [-0.05, 0) is 24.6 Å². The second-order valence-corrected chi connectivity index (χ2v) is 4.20. The maximum Gasteiger partial charge on any atom is 0.355 e. The van der Waals surface area contributed by atoms with Crippen LogP contribution in [-0.4, -0.2) is 21.0 Å². The summed E-state index contributed by atoms with van der Waals surface area (Å²) in [5.74, 6) is -0.533. The Bertz CT molecular complexity index is 611. The van der Waals surface area contributed by atoms with Gasteiger partial charge in [-0.1, -0.05) is 18.5 Å². The molecule has 5 heteroatoms. The number of aromatic carboxylic acids is 1. The first-order valence-electron chi connectivity index (χ1n) is 5.23. The second kappa shape index (κ2) is 4.30. The molecule has 2 aromatic rings. The monoisotopic (exact) mass is 250 g/mol. The Balaban J connectivity index is 2.90. The lowest BCUT2D eigenvalue weighted by molar-refractivity contribution is 0.0692. The third-order valence-corrected chi connectivity index (χ3v) is 2.74. The summed E-state index contributed by atoms with van der Waals surface area (Å²) in [6.07, 6.45) is 0.596. The largest absolute Gasteiger partial charge is 0.476 e. The lowest BCUT2D eigenvalue weighted by Crippen LogP contribution is -2.07. The second-order valence-electron chi connectivity index (χ2n) is 3.77. The summed E-state index contributed by atoms with van der Waals surface area (Å²) in [7, 11) is 0. The van der Waals surface area contributed by atoms with Crippen molar-refractivity contribution in [1.82, 2.24) is 9.97 Å². The molecule has 0 aliphatic carbocycles. The standard InChI is InChI=1S/C12H11ClN2O2/c1-3-9-14-10-6(2)4-7(13)5-8(10)11(15-9)12(16)17/h4-5H,3H2,1-2H3,(H,16,17). The molecule has 0 aliphatic rings. The number of carboxylic acids is 1.